The molecule has 1 aliphatic carbocycles. The van der Waals surface area contributed by atoms with Crippen LogP contribution in [-0.4, -0.2) is 18.3 Å². The van der Waals surface area contributed by atoms with Crippen molar-refractivity contribution in [1.82, 2.24) is 0 Å². The molecule has 108 valence electrons. The highest BCUT2D eigenvalue weighted by atomic mass is 19.1. The van der Waals surface area contributed by atoms with E-state index in [0.29, 0.717) is 11.0 Å². The van der Waals surface area contributed by atoms with Crippen molar-refractivity contribution in [3.63, 3.8) is 0 Å². The summed E-state index contributed by atoms with van der Waals surface area (Å²) in [5.74, 6) is -0.854. The van der Waals surface area contributed by atoms with Gasteiger partial charge in [-0.25, -0.2) is 8.78 Å². The summed E-state index contributed by atoms with van der Waals surface area (Å²) < 4.78 is 39.5. The highest BCUT2D eigenvalue weighted by molar-refractivity contribution is 6.62. The third-order valence-electron chi connectivity index (χ3n) is 4.64. The topological polar surface area (TPSA) is 18.5 Å². The third-order valence-corrected chi connectivity index (χ3v) is 4.64. The molecule has 0 bridgehead atoms. The van der Waals surface area contributed by atoms with Crippen LogP contribution in [0.15, 0.2) is 12.1 Å². The predicted molar refractivity (Wildman–Crippen MR) is 74.0 cm³/mol. The Balaban J connectivity index is 1.97. The zero-order valence-electron chi connectivity index (χ0n) is 12.3. The molecular weight excluding hydrogens is 261 g/mol. The molecule has 2 fully saturated rings. The standard InChI is InChI=1S/C15H19BF2O2/c1-14(2)15(3,4)20-16(19-14)11-7-10(9-5-6-9)12(17)8-13(11)18/h7-9H,5-6H2,1-4H3. The molecule has 1 saturated carbocycles. The van der Waals surface area contributed by atoms with E-state index in [9.17, 15) is 8.78 Å². The summed E-state index contributed by atoms with van der Waals surface area (Å²) in [6.45, 7) is 7.65. The summed E-state index contributed by atoms with van der Waals surface area (Å²) in [5.41, 5.74) is -0.181. The Morgan fingerprint density at radius 2 is 1.55 bits per heavy atom. The average Bonchev–Trinajstić information content (AvgIpc) is 3.07. The molecule has 20 heavy (non-hydrogen) atoms. The molecule has 1 aromatic rings. The first-order valence-electron chi connectivity index (χ1n) is 7.06. The van der Waals surface area contributed by atoms with Gasteiger partial charge in [0.1, 0.15) is 11.6 Å². The zero-order valence-corrected chi connectivity index (χ0v) is 12.3. The summed E-state index contributed by atoms with van der Waals surface area (Å²) in [5, 5.41) is 0. The minimum absolute atomic E-state index is 0.219. The molecule has 0 N–H and O–H groups in total. The van der Waals surface area contributed by atoms with Crippen molar-refractivity contribution in [3.05, 3.63) is 29.3 Å². The van der Waals surface area contributed by atoms with E-state index in [4.69, 9.17) is 9.31 Å². The average molecular weight is 280 g/mol. The van der Waals surface area contributed by atoms with Gasteiger partial charge in [-0.05, 0) is 52.0 Å². The van der Waals surface area contributed by atoms with E-state index in [1.54, 1.807) is 6.07 Å². The molecular formula is C15H19BF2O2. The molecule has 1 saturated heterocycles. The Morgan fingerprint density at radius 3 is 2.05 bits per heavy atom. The van der Waals surface area contributed by atoms with E-state index >= 15 is 0 Å². The Labute approximate surface area is 118 Å². The Kier molecular flexibility index (Phi) is 3.00. The van der Waals surface area contributed by atoms with Crippen LogP contribution in [0.5, 0.6) is 0 Å². The molecule has 0 radical (unpaired) electrons. The van der Waals surface area contributed by atoms with Crippen molar-refractivity contribution >= 4 is 12.6 Å². The van der Waals surface area contributed by atoms with Crippen molar-refractivity contribution in [1.29, 1.82) is 0 Å². The van der Waals surface area contributed by atoms with Crippen LogP contribution in [0.2, 0.25) is 0 Å². The smallest absolute Gasteiger partial charge is 0.399 e. The van der Waals surface area contributed by atoms with E-state index in [-0.39, 0.29) is 5.92 Å². The van der Waals surface area contributed by atoms with Gasteiger partial charge in [0.25, 0.3) is 0 Å². The van der Waals surface area contributed by atoms with Gasteiger partial charge in [-0.1, -0.05) is 6.07 Å². The lowest BCUT2D eigenvalue weighted by Crippen LogP contribution is -2.41. The van der Waals surface area contributed by atoms with E-state index in [1.165, 1.54) is 0 Å². The zero-order chi connectivity index (χ0) is 14.7. The van der Waals surface area contributed by atoms with Crippen LogP contribution in [0, 0.1) is 11.6 Å². The lowest BCUT2D eigenvalue weighted by molar-refractivity contribution is 0.00578. The number of rotatable bonds is 2. The van der Waals surface area contributed by atoms with Gasteiger partial charge in [-0.3, -0.25) is 0 Å². The van der Waals surface area contributed by atoms with Gasteiger partial charge in [0.05, 0.1) is 11.2 Å². The second-order valence-corrected chi connectivity index (χ2v) is 6.76. The van der Waals surface area contributed by atoms with Crippen LogP contribution in [-0.2, 0) is 9.31 Å². The van der Waals surface area contributed by atoms with Crippen molar-refractivity contribution in [2.45, 2.75) is 57.7 Å². The first-order valence-corrected chi connectivity index (χ1v) is 7.06. The fourth-order valence-electron chi connectivity index (χ4n) is 2.44. The highest BCUT2D eigenvalue weighted by Gasteiger charge is 2.52. The molecule has 0 atom stereocenters. The molecule has 1 aliphatic heterocycles. The fraction of sp³-hybridized carbons (Fsp3) is 0.600. The van der Waals surface area contributed by atoms with Gasteiger partial charge >= 0.3 is 7.12 Å². The van der Waals surface area contributed by atoms with Crippen molar-refractivity contribution < 1.29 is 18.1 Å². The molecule has 2 aliphatic rings. The van der Waals surface area contributed by atoms with E-state index in [0.717, 1.165) is 18.9 Å². The third kappa shape index (κ3) is 2.17. The normalized spacial score (nSPS) is 24.2. The monoisotopic (exact) mass is 280 g/mol. The summed E-state index contributed by atoms with van der Waals surface area (Å²) in [4.78, 5) is 0. The number of benzene rings is 1. The number of halogens is 2. The Bertz CT molecular complexity index is 537. The molecule has 0 amide bonds. The SMILES string of the molecule is CC1(C)OB(c2cc(C3CC3)c(F)cc2F)OC1(C)C. The maximum Gasteiger partial charge on any atom is 0.497 e. The molecule has 0 unspecified atom stereocenters. The summed E-state index contributed by atoms with van der Waals surface area (Å²) in [6, 6.07) is 2.53. The lowest BCUT2D eigenvalue weighted by atomic mass is 9.77. The first kappa shape index (κ1) is 14.0. The highest BCUT2D eigenvalue weighted by Crippen LogP contribution is 2.42. The molecule has 3 rings (SSSR count). The molecule has 2 nitrogen and oxygen atoms in total. The quantitative estimate of drug-likeness (QED) is 0.775. The van der Waals surface area contributed by atoms with Gasteiger partial charge < -0.3 is 9.31 Å². The minimum atomic E-state index is -0.780. The molecule has 0 spiro atoms. The van der Waals surface area contributed by atoms with Gasteiger partial charge in [0.15, 0.2) is 0 Å². The van der Waals surface area contributed by atoms with Crippen molar-refractivity contribution in [2.75, 3.05) is 0 Å². The largest absolute Gasteiger partial charge is 0.497 e. The molecule has 5 heteroatoms. The van der Waals surface area contributed by atoms with Crippen LogP contribution in [0.3, 0.4) is 0 Å². The molecule has 1 heterocycles. The first-order chi connectivity index (χ1) is 9.21. The lowest BCUT2D eigenvalue weighted by Gasteiger charge is -2.32. The van der Waals surface area contributed by atoms with E-state index < -0.39 is 30.0 Å². The predicted octanol–water partition coefficient (Wildman–Crippen LogP) is 3.14. The summed E-state index contributed by atoms with van der Waals surface area (Å²) >= 11 is 0. The maximum atomic E-state index is 14.1. The Morgan fingerprint density at radius 1 is 1.00 bits per heavy atom. The van der Waals surface area contributed by atoms with Gasteiger partial charge in [0.2, 0.25) is 0 Å². The molecule has 0 aromatic heterocycles. The maximum absolute atomic E-state index is 14.1. The van der Waals surface area contributed by atoms with Crippen LogP contribution in [0.1, 0.15) is 52.0 Å². The second kappa shape index (κ2) is 4.28. The molecule has 1 aromatic carbocycles. The van der Waals surface area contributed by atoms with Crippen LogP contribution in [0.4, 0.5) is 8.78 Å². The van der Waals surface area contributed by atoms with E-state index in [2.05, 4.69) is 0 Å². The number of hydrogen-bond acceptors (Lipinski definition) is 2. The van der Waals surface area contributed by atoms with Crippen LogP contribution >= 0.6 is 0 Å². The van der Waals surface area contributed by atoms with Crippen LogP contribution < -0.4 is 5.46 Å². The van der Waals surface area contributed by atoms with Crippen LogP contribution in [0.25, 0.3) is 0 Å². The summed E-state index contributed by atoms with van der Waals surface area (Å²) in [7, 11) is -0.780. The number of hydrogen-bond donors (Lipinski definition) is 0. The van der Waals surface area contributed by atoms with Crippen molar-refractivity contribution in [2.24, 2.45) is 0 Å². The van der Waals surface area contributed by atoms with Gasteiger partial charge in [-0.15, -0.1) is 0 Å². The second-order valence-electron chi connectivity index (χ2n) is 6.76. The van der Waals surface area contributed by atoms with E-state index in [1.807, 2.05) is 27.7 Å². The fourth-order valence-corrected chi connectivity index (χ4v) is 2.44. The summed E-state index contributed by atoms with van der Waals surface area (Å²) in [6.07, 6.45) is 1.93. The van der Waals surface area contributed by atoms with Gasteiger partial charge in [-0.2, -0.15) is 0 Å². The Hall–Kier alpha value is -0.935. The minimum Gasteiger partial charge on any atom is -0.399 e. The van der Waals surface area contributed by atoms with Gasteiger partial charge in [0, 0.05) is 11.5 Å². The van der Waals surface area contributed by atoms with Crippen molar-refractivity contribution in [3.8, 4) is 0 Å².